The van der Waals surface area contributed by atoms with E-state index in [9.17, 15) is 4.79 Å². The molecule has 3 aliphatic rings. The molecule has 0 bridgehead atoms. The number of nitrogens with one attached hydrogen (secondary N) is 2. The zero-order valence-electron chi connectivity index (χ0n) is 24.2. The number of piperazine rings is 1. The summed E-state index contributed by atoms with van der Waals surface area (Å²) in [5.74, 6) is 0.254. The minimum atomic E-state index is -0.554. The Balaban J connectivity index is 1.31. The zero-order valence-corrected chi connectivity index (χ0v) is 24.2. The Morgan fingerprint density at radius 2 is 1.77 bits per heavy atom. The molecule has 3 aliphatic heterocycles. The summed E-state index contributed by atoms with van der Waals surface area (Å²) in [5.41, 5.74) is 10.3. The molecular formula is C30H45N7O3. The first-order chi connectivity index (χ1) is 19.4. The molecule has 10 nitrogen and oxygen atoms in total. The minimum Gasteiger partial charge on any atom is -0.495 e. The van der Waals surface area contributed by atoms with Crippen molar-refractivity contribution in [2.24, 2.45) is 5.73 Å². The van der Waals surface area contributed by atoms with Crippen LogP contribution in [0, 0.1) is 0 Å². The molecule has 1 amide bonds. The van der Waals surface area contributed by atoms with E-state index in [1.54, 1.807) is 7.11 Å². The number of hydrogen-bond donors (Lipinski definition) is 3. The van der Waals surface area contributed by atoms with Gasteiger partial charge >= 0.3 is 0 Å². The molecule has 0 aliphatic carbocycles. The predicted molar refractivity (Wildman–Crippen MR) is 160 cm³/mol. The van der Waals surface area contributed by atoms with E-state index in [-0.39, 0.29) is 5.69 Å². The molecule has 2 aromatic rings. The second-order valence-corrected chi connectivity index (χ2v) is 11.2. The second kappa shape index (κ2) is 13.1. The van der Waals surface area contributed by atoms with Gasteiger partial charge in [0, 0.05) is 76.3 Å². The quantitative estimate of drug-likeness (QED) is 0.433. The number of benzene rings is 1. The third-order valence-electron chi connectivity index (χ3n) is 8.57. The Hall–Kier alpha value is -3.08. The first-order valence-corrected chi connectivity index (χ1v) is 14.8. The van der Waals surface area contributed by atoms with Crippen LogP contribution in [0.15, 0.2) is 24.3 Å². The van der Waals surface area contributed by atoms with Gasteiger partial charge in [-0.1, -0.05) is 6.92 Å². The number of nitrogens with zero attached hydrogens (tertiary/aromatic N) is 4. The van der Waals surface area contributed by atoms with Crippen molar-refractivity contribution in [3.63, 3.8) is 0 Å². The van der Waals surface area contributed by atoms with Gasteiger partial charge in [-0.2, -0.15) is 0 Å². The molecule has 3 saturated heterocycles. The molecule has 0 unspecified atom stereocenters. The minimum absolute atomic E-state index is 0.239. The highest BCUT2D eigenvalue weighted by Gasteiger charge is 2.28. The normalized spacial score (nSPS) is 19.9. The van der Waals surface area contributed by atoms with Crippen molar-refractivity contribution in [2.45, 2.75) is 51.1 Å². The second-order valence-electron chi connectivity index (χ2n) is 11.2. The van der Waals surface area contributed by atoms with Crippen LogP contribution in [0.2, 0.25) is 0 Å². The number of aromatic nitrogens is 1. The number of aryl methyl sites for hydroxylation is 1. The number of carbonyl (C=O) groups is 1. The van der Waals surface area contributed by atoms with Gasteiger partial charge in [-0.05, 0) is 57.4 Å². The van der Waals surface area contributed by atoms with E-state index in [2.05, 4.69) is 43.4 Å². The molecule has 218 valence electrons. The van der Waals surface area contributed by atoms with E-state index in [1.807, 2.05) is 25.1 Å². The molecule has 4 heterocycles. The Labute approximate surface area is 238 Å². The molecule has 1 aromatic carbocycles. The lowest BCUT2D eigenvalue weighted by Crippen LogP contribution is -2.52. The highest BCUT2D eigenvalue weighted by molar-refractivity contribution is 5.98. The maximum absolute atomic E-state index is 12.4. The molecule has 40 heavy (non-hydrogen) atoms. The predicted octanol–water partition coefficient (Wildman–Crippen LogP) is 3.30. The lowest BCUT2D eigenvalue weighted by molar-refractivity contribution is 0.0904. The van der Waals surface area contributed by atoms with Crippen molar-refractivity contribution in [3.05, 3.63) is 35.7 Å². The van der Waals surface area contributed by atoms with Crippen LogP contribution in [0.4, 0.5) is 22.7 Å². The van der Waals surface area contributed by atoms with Crippen LogP contribution < -0.4 is 26.0 Å². The van der Waals surface area contributed by atoms with Gasteiger partial charge in [0.2, 0.25) is 0 Å². The van der Waals surface area contributed by atoms with Crippen LogP contribution >= 0.6 is 0 Å². The van der Waals surface area contributed by atoms with Crippen LogP contribution in [0.5, 0.6) is 5.75 Å². The average Bonchev–Trinajstić information content (AvgIpc) is 2.98. The lowest BCUT2D eigenvalue weighted by atomic mass is 10.0. The number of methoxy groups -OCH3 is 1. The molecule has 3 fully saturated rings. The third-order valence-corrected chi connectivity index (χ3v) is 8.57. The number of piperidine rings is 1. The summed E-state index contributed by atoms with van der Waals surface area (Å²) in [6.07, 6.45) is 4.89. The van der Waals surface area contributed by atoms with Gasteiger partial charge in [0.25, 0.3) is 5.91 Å². The number of anilines is 4. The van der Waals surface area contributed by atoms with E-state index in [0.29, 0.717) is 24.2 Å². The van der Waals surface area contributed by atoms with Crippen LogP contribution in [-0.4, -0.2) is 99.4 Å². The number of hydrogen-bond acceptors (Lipinski definition) is 9. The maximum atomic E-state index is 12.4. The van der Waals surface area contributed by atoms with E-state index in [0.717, 1.165) is 93.6 Å². The van der Waals surface area contributed by atoms with Crippen LogP contribution in [0.3, 0.4) is 0 Å². The molecule has 10 heteroatoms. The van der Waals surface area contributed by atoms with Crippen molar-refractivity contribution >= 4 is 28.7 Å². The Morgan fingerprint density at radius 1 is 1.05 bits per heavy atom. The van der Waals surface area contributed by atoms with Crippen molar-refractivity contribution in [1.29, 1.82) is 0 Å². The number of primary amides is 1. The van der Waals surface area contributed by atoms with E-state index in [4.69, 9.17) is 15.2 Å². The number of rotatable bonds is 9. The largest absolute Gasteiger partial charge is 0.495 e. The number of amides is 1. The summed E-state index contributed by atoms with van der Waals surface area (Å²) >= 11 is 0. The van der Waals surface area contributed by atoms with Crippen LogP contribution in [-0.2, 0) is 11.2 Å². The number of nitrogens with two attached hydrogens (primary N) is 1. The zero-order chi connectivity index (χ0) is 28.1. The molecule has 0 saturated carbocycles. The van der Waals surface area contributed by atoms with E-state index in [1.165, 1.54) is 13.1 Å². The standard InChI is InChI=1S/C30H45N7O3/c1-4-24-25(32-21-9-17-40-18-10-21)20-26(29(34-24)30(31)38)33-22-5-6-27(28(19-22)39-3)37-11-7-23(8-12-37)36-15-13-35(2)14-16-36/h5-6,19-21,23,32-33H,4,7-18H2,1-3H3,(H2,31,38). The molecular weight excluding hydrogens is 506 g/mol. The fourth-order valence-electron chi connectivity index (χ4n) is 6.12. The van der Waals surface area contributed by atoms with Gasteiger partial charge in [-0.3, -0.25) is 9.69 Å². The molecule has 0 radical (unpaired) electrons. The van der Waals surface area contributed by atoms with Gasteiger partial charge in [-0.15, -0.1) is 0 Å². The first kappa shape index (κ1) is 28.4. The smallest absolute Gasteiger partial charge is 0.269 e. The number of carbonyl (C=O) groups excluding carboxylic acids is 1. The van der Waals surface area contributed by atoms with Gasteiger partial charge in [0.1, 0.15) is 5.75 Å². The molecule has 5 rings (SSSR count). The topological polar surface area (TPSA) is 108 Å². The summed E-state index contributed by atoms with van der Waals surface area (Å²) in [7, 11) is 3.92. The monoisotopic (exact) mass is 551 g/mol. The summed E-state index contributed by atoms with van der Waals surface area (Å²) in [6.45, 7) is 10.2. The van der Waals surface area contributed by atoms with Crippen molar-refractivity contribution in [2.75, 3.05) is 82.2 Å². The summed E-state index contributed by atoms with van der Waals surface area (Å²) in [5, 5.41) is 7.03. The van der Waals surface area contributed by atoms with E-state index >= 15 is 0 Å². The van der Waals surface area contributed by atoms with Crippen LogP contribution in [0.25, 0.3) is 0 Å². The maximum Gasteiger partial charge on any atom is 0.269 e. The molecule has 1 aromatic heterocycles. The SMILES string of the molecule is CCc1nc(C(N)=O)c(Nc2ccc(N3CCC(N4CCN(C)CC4)CC3)c(OC)c2)cc1NC1CCOCC1. The van der Waals surface area contributed by atoms with Crippen LogP contribution in [0.1, 0.15) is 48.8 Å². The number of ether oxygens (including phenoxy) is 2. The molecule has 4 N–H and O–H groups in total. The van der Waals surface area contributed by atoms with Gasteiger partial charge in [0.05, 0.1) is 29.9 Å². The van der Waals surface area contributed by atoms with Gasteiger partial charge in [0.15, 0.2) is 5.69 Å². The lowest BCUT2D eigenvalue weighted by Gasteiger charge is -2.42. The van der Waals surface area contributed by atoms with E-state index < -0.39 is 5.91 Å². The number of likely N-dealkylation sites (N-methyl/N-ethyl adjacent to an activating group) is 1. The third kappa shape index (κ3) is 6.62. The Kier molecular flexibility index (Phi) is 9.29. The first-order valence-electron chi connectivity index (χ1n) is 14.8. The molecule has 0 spiro atoms. The highest BCUT2D eigenvalue weighted by Crippen LogP contribution is 2.36. The Morgan fingerprint density at radius 3 is 2.42 bits per heavy atom. The fourth-order valence-corrected chi connectivity index (χ4v) is 6.12. The Bertz CT molecular complexity index is 1150. The summed E-state index contributed by atoms with van der Waals surface area (Å²) in [4.78, 5) is 24.5. The molecule has 0 atom stereocenters. The summed E-state index contributed by atoms with van der Waals surface area (Å²) in [6, 6.07) is 9.07. The van der Waals surface area contributed by atoms with Gasteiger partial charge in [-0.25, -0.2) is 4.98 Å². The number of pyridine rings is 1. The average molecular weight is 552 g/mol. The van der Waals surface area contributed by atoms with Gasteiger partial charge < -0.3 is 35.6 Å². The van der Waals surface area contributed by atoms with Crippen molar-refractivity contribution in [1.82, 2.24) is 14.8 Å². The van der Waals surface area contributed by atoms with Crippen molar-refractivity contribution in [3.8, 4) is 5.75 Å². The highest BCUT2D eigenvalue weighted by atomic mass is 16.5. The fraction of sp³-hybridized carbons (Fsp3) is 0.600. The van der Waals surface area contributed by atoms with Crippen molar-refractivity contribution < 1.29 is 14.3 Å². The summed E-state index contributed by atoms with van der Waals surface area (Å²) < 4.78 is 11.4.